The molecule has 0 radical (unpaired) electrons. The second kappa shape index (κ2) is 8.68. The predicted molar refractivity (Wildman–Crippen MR) is 110 cm³/mol. The van der Waals surface area contributed by atoms with Crippen molar-refractivity contribution in [3.63, 3.8) is 0 Å². The Morgan fingerprint density at radius 2 is 1.69 bits per heavy atom. The van der Waals surface area contributed by atoms with Crippen molar-refractivity contribution in [2.45, 2.75) is 25.7 Å². The van der Waals surface area contributed by atoms with Crippen molar-refractivity contribution in [2.24, 2.45) is 0 Å². The average molecular weight is 393 g/mol. The van der Waals surface area contributed by atoms with Crippen molar-refractivity contribution in [3.8, 4) is 17.6 Å². The number of nitrogens with zero attached hydrogens (tertiary/aromatic N) is 6. The van der Waals surface area contributed by atoms with Crippen LogP contribution in [0.25, 0.3) is 5.69 Å². The highest BCUT2D eigenvalue weighted by Crippen LogP contribution is 2.21. The zero-order valence-corrected chi connectivity index (χ0v) is 16.3. The molecule has 0 spiro atoms. The van der Waals surface area contributed by atoms with Crippen LogP contribution in [0, 0.1) is 0 Å². The van der Waals surface area contributed by atoms with Crippen LogP contribution in [0.4, 0.5) is 11.9 Å². The first-order valence-electron chi connectivity index (χ1n) is 9.75. The second-order valence-electron chi connectivity index (χ2n) is 6.75. The fourth-order valence-electron chi connectivity index (χ4n) is 3.21. The standard InChI is InChI=1S/C20H23N7O2/c1-21-18-22-19(26-13-7-2-3-8-14-26)24-20(23-18)29-16-11-12-17(28)27(25-16)15-9-5-4-6-10-15/h4-6,9-12H,2-3,7-8,13-14H2,1H3,(H,21,22,23,24). The van der Waals surface area contributed by atoms with Crippen molar-refractivity contribution >= 4 is 11.9 Å². The van der Waals surface area contributed by atoms with Crippen molar-refractivity contribution in [1.82, 2.24) is 24.7 Å². The summed E-state index contributed by atoms with van der Waals surface area (Å²) in [6, 6.07) is 12.2. The van der Waals surface area contributed by atoms with Crippen LogP contribution in [-0.4, -0.2) is 44.9 Å². The maximum atomic E-state index is 12.2. The van der Waals surface area contributed by atoms with E-state index in [2.05, 4.69) is 30.3 Å². The summed E-state index contributed by atoms with van der Waals surface area (Å²) in [5.41, 5.74) is 0.403. The summed E-state index contributed by atoms with van der Waals surface area (Å²) >= 11 is 0. The molecule has 3 aromatic rings. The van der Waals surface area contributed by atoms with Gasteiger partial charge in [0.2, 0.25) is 17.8 Å². The minimum atomic E-state index is -0.250. The van der Waals surface area contributed by atoms with Crippen LogP contribution in [0.15, 0.2) is 47.3 Å². The van der Waals surface area contributed by atoms with Gasteiger partial charge in [0.1, 0.15) is 0 Å². The van der Waals surface area contributed by atoms with E-state index >= 15 is 0 Å². The van der Waals surface area contributed by atoms with Crippen LogP contribution in [-0.2, 0) is 0 Å². The third kappa shape index (κ3) is 4.50. The number of ether oxygens (including phenoxy) is 1. The molecule has 0 bridgehead atoms. The van der Waals surface area contributed by atoms with Gasteiger partial charge in [-0.15, -0.1) is 5.10 Å². The summed E-state index contributed by atoms with van der Waals surface area (Å²) in [6.45, 7) is 1.81. The van der Waals surface area contributed by atoms with Crippen LogP contribution in [0.5, 0.6) is 11.9 Å². The normalized spacial score (nSPS) is 14.3. The molecule has 0 atom stereocenters. The Hall–Kier alpha value is -3.49. The number of rotatable bonds is 5. The van der Waals surface area contributed by atoms with Crippen LogP contribution in [0.1, 0.15) is 25.7 Å². The zero-order chi connectivity index (χ0) is 20.1. The summed E-state index contributed by atoms with van der Waals surface area (Å²) < 4.78 is 7.08. The highest BCUT2D eigenvalue weighted by molar-refractivity contribution is 5.39. The molecule has 0 amide bonds. The molecule has 9 heteroatoms. The maximum Gasteiger partial charge on any atom is 0.330 e. The SMILES string of the molecule is CNc1nc(Oc2ccc(=O)n(-c3ccccc3)n2)nc(N2CCCCCC2)n1. The average Bonchev–Trinajstić information content (AvgIpc) is 3.05. The molecule has 2 aromatic heterocycles. The molecular weight excluding hydrogens is 370 g/mol. The fourth-order valence-corrected chi connectivity index (χ4v) is 3.21. The highest BCUT2D eigenvalue weighted by Gasteiger charge is 2.16. The van der Waals surface area contributed by atoms with Gasteiger partial charge in [-0.1, -0.05) is 31.0 Å². The molecule has 3 heterocycles. The minimum Gasteiger partial charge on any atom is -0.403 e. The first kappa shape index (κ1) is 18.9. The number of nitrogens with one attached hydrogen (secondary N) is 1. The Morgan fingerprint density at radius 3 is 2.41 bits per heavy atom. The van der Waals surface area contributed by atoms with Gasteiger partial charge in [0.05, 0.1) is 5.69 Å². The monoisotopic (exact) mass is 393 g/mol. The Morgan fingerprint density at radius 1 is 0.931 bits per heavy atom. The summed E-state index contributed by atoms with van der Waals surface area (Å²) in [5, 5.41) is 7.25. The number of benzene rings is 1. The first-order valence-corrected chi connectivity index (χ1v) is 9.75. The molecule has 0 aliphatic carbocycles. The molecule has 1 saturated heterocycles. The molecule has 1 aromatic carbocycles. The summed E-state index contributed by atoms with van der Waals surface area (Å²) in [4.78, 5) is 27.6. The van der Waals surface area contributed by atoms with Crippen molar-refractivity contribution in [2.75, 3.05) is 30.4 Å². The third-order valence-corrected chi connectivity index (χ3v) is 4.69. The summed E-state index contributed by atoms with van der Waals surface area (Å²) in [6.07, 6.45) is 4.66. The quantitative estimate of drug-likeness (QED) is 0.706. The summed E-state index contributed by atoms with van der Waals surface area (Å²) in [5.74, 6) is 1.23. The molecule has 1 aliphatic rings. The topological polar surface area (TPSA) is 98.1 Å². The van der Waals surface area contributed by atoms with Gasteiger partial charge in [-0.25, -0.2) is 0 Å². The van der Waals surface area contributed by atoms with E-state index in [-0.39, 0.29) is 17.4 Å². The van der Waals surface area contributed by atoms with Crippen LogP contribution in [0.3, 0.4) is 0 Å². The highest BCUT2D eigenvalue weighted by atomic mass is 16.5. The van der Waals surface area contributed by atoms with Gasteiger partial charge in [0.25, 0.3) is 5.56 Å². The van der Waals surface area contributed by atoms with Crippen LogP contribution in [0.2, 0.25) is 0 Å². The van der Waals surface area contributed by atoms with E-state index in [4.69, 9.17) is 4.74 Å². The number of anilines is 2. The zero-order valence-electron chi connectivity index (χ0n) is 16.3. The first-order chi connectivity index (χ1) is 14.2. The molecular formula is C20H23N7O2. The number of para-hydroxylation sites is 1. The maximum absolute atomic E-state index is 12.2. The van der Waals surface area contributed by atoms with Crippen LogP contribution < -0.4 is 20.5 Å². The number of hydrogen-bond acceptors (Lipinski definition) is 8. The van der Waals surface area contributed by atoms with Crippen molar-refractivity contribution < 1.29 is 4.74 Å². The summed E-state index contributed by atoms with van der Waals surface area (Å²) in [7, 11) is 1.75. The smallest absolute Gasteiger partial charge is 0.330 e. The van der Waals surface area contributed by atoms with Crippen molar-refractivity contribution in [3.05, 3.63) is 52.8 Å². The lowest BCUT2D eigenvalue weighted by atomic mass is 10.2. The van der Waals surface area contributed by atoms with E-state index in [1.807, 2.05) is 18.2 Å². The van der Waals surface area contributed by atoms with Gasteiger partial charge in [0.15, 0.2) is 0 Å². The molecule has 1 fully saturated rings. The number of aromatic nitrogens is 5. The minimum absolute atomic E-state index is 0.134. The van der Waals surface area contributed by atoms with E-state index in [1.165, 1.54) is 29.7 Å². The Kier molecular flexibility index (Phi) is 5.64. The lowest BCUT2D eigenvalue weighted by Gasteiger charge is -2.20. The van der Waals surface area contributed by atoms with Crippen LogP contribution >= 0.6 is 0 Å². The third-order valence-electron chi connectivity index (χ3n) is 4.69. The molecule has 9 nitrogen and oxygen atoms in total. The van der Waals surface area contributed by atoms with Gasteiger partial charge < -0.3 is 15.0 Å². The molecule has 29 heavy (non-hydrogen) atoms. The van der Waals surface area contributed by atoms with E-state index in [0.717, 1.165) is 25.9 Å². The lowest BCUT2D eigenvalue weighted by Crippen LogP contribution is -2.26. The van der Waals surface area contributed by atoms with Gasteiger partial charge in [-0.2, -0.15) is 19.6 Å². The molecule has 0 saturated carbocycles. The second-order valence-corrected chi connectivity index (χ2v) is 6.75. The predicted octanol–water partition coefficient (Wildman–Crippen LogP) is 2.63. The Bertz CT molecular complexity index is 1010. The molecule has 1 N–H and O–H groups in total. The molecule has 4 rings (SSSR count). The molecule has 150 valence electrons. The van der Waals surface area contributed by atoms with Gasteiger partial charge in [0, 0.05) is 32.3 Å². The van der Waals surface area contributed by atoms with E-state index in [0.29, 0.717) is 17.6 Å². The largest absolute Gasteiger partial charge is 0.403 e. The van der Waals surface area contributed by atoms with Gasteiger partial charge in [-0.3, -0.25) is 4.79 Å². The van der Waals surface area contributed by atoms with Crippen molar-refractivity contribution in [1.29, 1.82) is 0 Å². The fraction of sp³-hybridized carbons (Fsp3) is 0.350. The number of hydrogen-bond donors (Lipinski definition) is 1. The van der Waals surface area contributed by atoms with E-state index in [9.17, 15) is 4.79 Å². The van der Waals surface area contributed by atoms with Gasteiger partial charge >= 0.3 is 6.01 Å². The Balaban J connectivity index is 1.64. The van der Waals surface area contributed by atoms with Gasteiger partial charge in [-0.05, 0) is 25.0 Å². The molecule has 1 aliphatic heterocycles. The van der Waals surface area contributed by atoms with E-state index < -0.39 is 0 Å². The Labute approximate surface area is 168 Å². The molecule has 0 unspecified atom stereocenters. The lowest BCUT2D eigenvalue weighted by molar-refractivity contribution is 0.411. The van der Waals surface area contributed by atoms with E-state index in [1.54, 1.807) is 19.2 Å².